The van der Waals surface area contributed by atoms with Gasteiger partial charge >= 0.3 is 0 Å². The monoisotopic (exact) mass is 246 g/mol. The number of para-hydroxylation sites is 1. The van der Waals surface area contributed by atoms with Gasteiger partial charge in [0.05, 0.1) is 15.2 Å². The fourth-order valence-electron chi connectivity index (χ4n) is 2.08. The average Bonchev–Trinajstić information content (AvgIpc) is 2.83. The molecule has 0 radical (unpaired) electrons. The molecule has 1 aliphatic rings. The molecule has 0 bridgehead atoms. The van der Waals surface area contributed by atoms with Crippen LogP contribution in [-0.2, 0) is 11.0 Å². The fourth-order valence-corrected chi connectivity index (χ4v) is 3.13. The van der Waals surface area contributed by atoms with Crippen molar-refractivity contribution in [3.05, 3.63) is 28.8 Å². The van der Waals surface area contributed by atoms with Gasteiger partial charge in [-0.3, -0.25) is 0 Å². The van der Waals surface area contributed by atoms with E-state index in [1.165, 1.54) is 15.3 Å². The molecule has 1 heterocycles. The molecule has 2 aromatic rings. The molecule has 2 nitrogen and oxygen atoms in total. The predicted octanol–water partition coefficient (Wildman–Crippen LogP) is 3.54. The van der Waals surface area contributed by atoms with Crippen molar-refractivity contribution in [1.82, 2.24) is 4.98 Å². The first-order valence-electron chi connectivity index (χ1n) is 6.10. The van der Waals surface area contributed by atoms with Gasteiger partial charge in [-0.25, -0.2) is 4.98 Å². The van der Waals surface area contributed by atoms with E-state index < -0.39 is 0 Å². The van der Waals surface area contributed by atoms with Crippen molar-refractivity contribution in [2.24, 2.45) is 5.73 Å². The quantitative estimate of drug-likeness (QED) is 0.836. The highest BCUT2D eigenvalue weighted by Crippen LogP contribution is 2.46. The van der Waals surface area contributed by atoms with Crippen LogP contribution in [-0.4, -0.2) is 4.98 Å². The van der Waals surface area contributed by atoms with Crippen LogP contribution in [0.4, 0.5) is 0 Å². The first-order chi connectivity index (χ1) is 7.90. The Hall–Kier alpha value is -0.930. The molecule has 90 valence electrons. The normalized spacial score (nSPS) is 18.6. The molecule has 2 N–H and O–H groups in total. The molecule has 17 heavy (non-hydrogen) atoms. The van der Waals surface area contributed by atoms with E-state index in [0.29, 0.717) is 0 Å². The number of aromatic nitrogens is 1. The molecule has 3 rings (SSSR count). The Morgan fingerprint density at radius 1 is 1.29 bits per heavy atom. The second-order valence-corrected chi connectivity index (χ2v) is 7.11. The summed E-state index contributed by atoms with van der Waals surface area (Å²) >= 11 is 1.80. The molecule has 0 saturated heterocycles. The van der Waals surface area contributed by atoms with Crippen molar-refractivity contribution in [2.45, 2.75) is 44.6 Å². The van der Waals surface area contributed by atoms with E-state index in [-0.39, 0.29) is 11.0 Å². The first kappa shape index (κ1) is 11.2. The summed E-state index contributed by atoms with van der Waals surface area (Å²) in [5, 5.41) is 1.20. The van der Waals surface area contributed by atoms with Crippen molar-refractivity contribution in [3.63, 3.8) is 0 Å². The average molecular weight is 246 g/mol. The second-order valence-electron chi connectivity index (χ2n) is 6.08. The zero-order valence-electron chi connectivity index (χ0n) is 10.6. The first-order valence-corrected chi connectivity index (χ1v) is 6.91. The third kappa shape index (κ3) is 1.78. The molecular formula is C14H18N2S. The number of rotatable bonds is 1. The number of benzene rings is 1. The van der Waals surface area contributed by atoms with Crippen LogP contribution in [0, 0.1) is 0 Å². The lowest BCUT2D eigenvalue weighted by Gasteiger charge is -2.13. The highest BCUT2D eigenvalue weighted by Gasteiger charge is 2.41. The Morgan fingerprint density at radius 2 is 2.00 bits per heavy atom. The number of nitrogens with zero attached hydrogens (tertiary/aromatic N) is 1. The van der Waals surface area contributed by atoms with Gasteiger partial charge in [-0.1, -0.05) is 32.9 Å². The van der Waals surface area contributed by atoms with Crippen LogP contribution in [0.5, 0.6) is 0 Å². The summed E-state index contributed by atoms with van der Waals surface area (Å²) in [5.74, 6) is 0. The molecule has 1 fully saturated rings. The van der Waals surface area contributed by atoms with Crippen molar-refractivity contribution in [3.8, 4) is 0 Å². The summed E-state index contributed by atoms with van der Waals surface area (Å²) < 4.78 is 1.27. The van der Waals surface area contributed by atoms with Gasteiger partial charge in [-0.05, 0) is 24.5 Å². The van der Waals surface area contributed by atoms with Gasteiger partial charge < -0.3 is 5.73 Å². The maximum atomic E-state index is 6.32. The van der Waals surface area contributed by atoms with Crippen LogP contribution < -0.4 is 5.73 Å². The second kappa shape index (κ2) is 3.30. The molecule has 0 amide bonds. The van der Waals surface area contributed by atoms with E-state index in [4.69, 9.17) is 10.7 Å². The Labute approximate surface area is 106 Å². The fraction of sp³-hybridized carbons (Fsp3) is 0.500. The molecule has 3 heteroatoms. The number of thiazole rings is 1. The lowest BCUT2D eigenvalue weighted by molar-refractivity contribution is 0.586. The molecule has 0 unspecified atom stereocenters. The van der Waals surface area contributed by atoms with E-state index in [1.807, 2.05) is 0 Å². The maximum Gasteiger partial charge on any atom is 0.0992 e. The van der Waals surface area contributed by atoms with Gasteiger partial charge in [-0.2, -0.15) is 0 Å². The summed E-state index contributed by atoms with van der Waals surface area (Å²) in [6, 6.07) is 6.40. The highest BCUT2D eigenvalue weighted by atomic mass is 32.1. The molecular weight excluding hydrogens is 228 g/mol. The molecule has 1 aromatic heterocycles. The number of nitrogens with two attached hydrogens (primary N) is 1. The summed E-state index contributed by atoms with van der Waals surface area (Å²) in [6.07, 6.45) is 2.18. The highest BCUT2D eigenvalue weighted by molar-refractivity contribution is 7.18. The summed E-state index contributed by atoms with van der Waals surface area (Å²) in [7, 11) is 0. The van der Waals surface area contributed by atoms with Crippen molar-refractivity contribution in [2.75, 3.05) is 0 Å². The van der Waals surface area contributed by atoms with E-state index in [1.54, 1.807) is 11.3 Å². The van der Waals surface area contributed by atoms with Crippen LogP contribution in [0.1, 0.15) is 44.2 Å². The van der Waals surface area contributed by atoms with Crippen LogP contribution in [0.25, 0.3) is 10.2 Å². The van der Waals surface area contributed by atoms with E-state index >= 15 is 0 Å². The molecule has 1 saturated carbocycles. The largest absolute Gasteiger partial charge is 0.321 e. The maximum absolute atomic E-state index is 6.32. The van der Waals surface area contributed by atoms with Crippen LogP contribution in [0.15, 0.2) is 18.2 Å². The third-order valence-electron chi connectivity index (χ3n) is 3.39. The Kier molecular flexibility index (Phi) is 2.17. The van der Waals surface area contributed by atoms with Crippen molar-refractivity contribution >= 4 is 21.6 Å². The minimum Gasteiger partial charge on any atom is -0.321 e. The zero-order valence-corrected chi connectivity index (χ0v) is 11.4. The van der Waals surface area contributed by atoms with Gasteiger partial charge in [0.15, 0.2) is 0 Å². The topological polar surface area (TPSA) is 38.9 Å². The van der Waals surface area contributed by atoms with Gasteiger partial charge in [0.2, 0.25) is 0 Å². The number of hydrogen-bond donors (Lipinski definition) is 1. The lowest BCUT2D eigenvalue weighted by Crippen LogP contribution is -2.19. The van der Waals surface area contributed by atoms with Gasteiger partial charge in [0.1, 0.15) is 0 Å². The smallest absolute Gasteiger partial charge is 0.0992 e. The summed E-state index contributed by atoms with van der Waals surface area (Å²) in [6.45, 7) is 6.62. The third-order valence-corrected chi connectivity index (χ3v) is 4.83. The minimum atomic E-state index is -0.0945. The number of fused-ring (bicyclic) bond motifs is 1. The number of hydrogen-bond acceptors (Lipinski definition) is 3. The van der Waals surface area contributed by atoms with E-state index in [0.717, 1.165) is 18.4 Å². The molecule has 0 aliphatic heterocycles. The summed E-state index contributed by atoms with van der Waals surface area (Å²) in [4.78, 5) is 4.83. The minimum absolute atomic E-state index is 0.0945. The predicted molar refractivity (Wildman–Crippen MR) is 73.4 cm³/mol. The SMILES string of the molecule is CC(C)(C)c1nc2c(C3(N)CC3)cccc2s1. The molecule has 0 atom stereocenters. The van der Waals surface area contributed by atoms with E-state index in [2.05, 4.69) is 39.0 Å². The Morgan fingerprint density at radius 3 is 2.59 bits per heavy atom. The Balaban J connectivity index is 2.22. The van der Waals surface area contributed by atoms with Crippen molar-refractivity contribution < 1.29 is 0 Å². The molecule has 1 aliphatic carbocycles. The van der Waals surface area contributed by atoms with Gasteiger partial charge in [0.25, 0.3) is 0 Å². The van der Waals surface area contributed by atoms with Gasteiger partial charge in [0, 0.05) is 11.0 Å². The molecule has 0 spiro atoms. The zero-order chi connectivity index (χ0) is 12.3. The lowest BCUT2D eigenvalue weighted by atomic mass is 9.98. The van der Waals surface area contributed by atoms with Crippen molar-refractivity contribution in [1.29, 1.82) is 0 Å². The summed E-state index contributed by atoms with van der Waals surface area (Å²) in [5.41, 5.74) is 8.70. The standard InChI is InChI=1S/C14H18N2S/c1-13(2,3)12-16-11-9(14(15)7-8-14)5-4-6-10(11)17-12/h4-6H,7-8,15H2,1-3H3. The van der Waals surface area contributed by atoms with Gasteiger partial charge in [-0.15, -0.1) is 11.3 Å². The Bertz CT molecular complexity index is 573. The van der Waals surface area contributed by atoms with Crippen LogP contribution in [0.3, 0.4) is 0 Å². The molecule has 1 aromatic carbocycles. The van der Waals surface area contributed by atoms with Crippen LogP contribution >= 0.6 is 11.3 Å². The van der Waals surface area contributed by atoms with Crippen LogP contribution in [0.2, 0.25) is 0 Å². The van der Waals surface area contributed by atoms with E-state index in [9.17, 15) is 0 Å².